The highest BCUT2D eigenvalue weighted by molar-refractivity contribution is 5.75. The van der Waals surface area contributed by atoms with Crippen molar-refractivity contribution < 1.29 is 9.63 Å². The van der Waals surface area contributed by atoms with Crippen molar-refractivity contribution in [3.05, 3.63) is 0 Å². The van der Waals surface area contributed by atoms with Gasteiger partial charge in [0, 0.05) is 19.6 Å². The molecule has 1 rings (SSSR count). The molecule has 1 heterocycles. The van der Waals surface area contributed by atoms with Gasteiger partial charge in [0.15, 0.2) is 0 Å². The van der Waals surface area contributed by atoms with Crippen molar-refractivity contribution in [2.75, 3.05) is 26.2 Å². The second kappa shape index (κ2) is 4.75. The van der Waals surface area contributed by atoms with Gasteiger partial charge in [0.1, 0.15) is 0 Å². The summed E-state index contributed by atoms with van der Waals surface area (Å²) in [6.45, 7) is 9.10. The van der Waals surface area contributed by atoms with Crippen molar-refractivity contribution in [1.82, 2.24) is 10.4 Å². The summed E-state index contributed by atoms with van der Waals surface area (Å²) in [7, 11) is 0. The maximum atomic E-state index is 11.6. The monoisotopic (exact) mass is 200 g/mol. The summed E-state index contributed by atoms with van der Waals surface area (Å²) in [5.41, 5.74) is -0.417. The first-order valence-electron chi connectivity index (χ1n) is 5.18. The van der Waals surface area contributed by atoms with Gasteiger partial charge in [0.2, 0.25) is 0 Å². The highest BCUT2D eigenvalue weighted by atomic mass is 16.7. The Hall–Kier alpha value is -0.610. The van der Waals surface area contributed by atoms with Crippen LogP contribution in [0.4, 0.5) is 0 Å². The fraction of sp³-hybridized carbons (Fsp3) is 0.900. The Morgan fingerprint density at radius 2 is 2.00 bits per heavy atom. The number of nitrogens with one attached hydrogen (secondary N) is 1. The zero-order valence-electron chi connectivity index (χ0n) is 9.30. The molecule has 1 N–H and O–H groups in total. The molecule has 82 valence electrons. The average molecular weight is 200 g/mol. The summed E-state index contributed by atoms with van der Waals surface area (Å²) in [6.07, 6.45) is 1.03. The predicted molar refractivity (Wildman–Crippen MR) is 54.6 cm³/mol. The van der Waals surface area contributed by atoms with Gasteiger partial charge in [-0.15, -0.1) is 5.06 Å². The number of hydrogen-bond donors (Lipinski definition) is 1. The van der Waals surface area contributed by atoms with Crippen molar-refractivity contribution in [1.29, 1.82) is 0 Å². The first kappa shape index (κ1) is 11.5. The van der Waals surface area contributed by atoms with Crippen LogP contribution in [0.1, 0.15) is 27.2 Å². The molecule has 4 nitrogen and oxygen atoms in total. The molecular weight excluding hydrogens is 180 g/mol. The summed E-state index contributed by atoms with van der Waals surface area (Å²) in [4.78, 5) is 16.9. The molecule has 0 aliphatic carbocycles. The summed E-state index contributed by atoms with van der Waals surface area (Å²) in [5, 5.41) is 5.01. The van der Waals surface area contributed by atoms with Crippen molar-refractivity contribution in [2.24, 2.45) is 5.41 Å². The minimum atomic E-state index is -0.417. The van der Waals surface area contributed by atoms with Crippen molar-refractivity contribution in [3.8, 4) is 0 Å². The minimum Gasteiger partial charge on any atom is -0.367 e. The van der Waals surface area contributed by atoms with E-state index in [1.54, 1.807) is 5.06 Å². The standard InChI is InChI=1S/C10H20N2O2/c1-10(2,3)9(13)14-12-7-4-5-11-6-8-12/h11H,4-8H2,1-3H3. The molecule has 0 atom stereocenters. The number of nitrogens with zero attached hydrogens (tertiary/aromatic N) is 1. The lowest BCUT2D eigenvalue weighted by atomic mass is 9.98. The van der Waals surface area contributed by atoms with Crippen LogP contribution in [0.5, 0.6) is 0 Å². The quantitative estimate of drug-likeness (QED) is 0.679. The zero-order chi connectivity index (χ0) is 10.6. The van der Waals surface area contributed by atoms with Gasteiger partial charge in [-0.2, -0.15) is 0 Å². The van der Waals surface area contributed by atoms with E-state index in [-0.39, 0.29) is 5.97 Å². The third-order valence-corrected chi connectivity index (χ3v) is 2.12. The van der Waals surface area contributed by atoms with Crippen molar-refractivity contribution in [2.45, 2.75) is 27.2 Å². The first-order chi connectivity index (χ1) is 6.50. The summed E-state index contributed by atoms with van der Waals surface area (Å²) in [5.74, 6) is -0.153. The van der Waals surface area contributed by atoms with Crippen LogP contribution < -0.4 is 5.32 Å². The third-order valence-electron chi connectivity index (χ3n) is 2.12. The Morgan fingerprint density at radius 1 is 1.29 bits per heavy atom. The van der Waals surface area contributed by atoms with E-state index in [1.165, 1.54) is 0 Å². The number of hydroxylamine groups is 2. The smallest absolute Gasteiger partial charge is 0.330 e. The Morgan fingerprint density at radius 3 is 2.64 bits per heavy atom. The molecule has 0 saturated carbocycles. The Kier molecular flexibility index (Phi) is 3.89. The van der Waals surface area contributed by atoms with E-state index in [1.807, 2.05) is 20.8 Å². The number of carbonyl (C=O) groups excluding carboxylic acids is 1. The van der Waals surface area contributed by atoms with E-state index in [0.29, 0.717) is 0 Å². The second-order valence-corrected chi connectivity index (χ2v) is 4.66. The normalized spacial score (nSPS) is 20.2. The van der Waals surface area contributed by atoms with Gasteiger partial charge in [0.25, 0.3) is 0 Å². The summed E-state index contributed by atoms with van der Waals surface area (Å²) in [6, 6.07) is 0. The van der Waals surface area contributed by atoms with Crippen LogP contribution in [-0.2, 0) is 9.63 Å². The van der Waals surface area contributed by atoms with E-state index in [9.17, 15) is 4.79 Å². The molecule has 1 aliphatic rings. The largest absolute Gasteiger partial charge is 0.367 e. The van der Waals surface area contributed by atoms with E-state index in [0.717, 1.165) is 32.6 Å². The molecule has 1 fully saturated rings. The molecule has 1 saturated heterocycles. The maximum Gasteiger partial charge on any atom is 0.330 e. The fourth-order valence-electron chi connectivity index (χ4n) is 1.17. The van der Waals surface area contributed by atoms with Gasteiger partial charge in [-0.25, -0.2) is 4.79 Å². The lowest BCUT2D eigenvalue weighted by molar-refractivity contribution is -0.199. The van der Waals surface area contributed by atoms with Crippen molar-refractivity contribution >= 4 is 5.97 Å². The van der Waals surface area contributed by atoms with Gasteiger partial charge in [-0.05, 0) is 33.7 Å². The van der Waals surface area contributed by atoms with Crippen LogP contribution >= 0.6 is 0 Å². The SMILES string of the molecule is CC(C)(C)C(=O)ON1CCCNCC1. The molecule has 4 heteroatoms. The maximum absolute atomic E-state index is 11.6. The van der Waals surface area contributed by atoms with Crippen LogP contribution in [0.25, 0.3) is 0 Å². The Labute approximate surface area is 85.6 Å². The number of hydrogen-bond acceptors (Lipinski definition) is 4. The molecular formula is C10H20N2O2. The highest BCUT2D eigenvalue weighted by Gasteiger charge is 2.26. The minimum absolute atomic E-state index is 0.153. The first-order valence-corrected chi connectivity index (χ1v) is 5.18. The van der Waals surface area contributed by atoms with Gasteiger partial charge < -0.3 is 10.2 Å². The zero-order valence-corrected chi connectivity index (χ0v) is 9.30. The van der Waals surface area contributed by atoms with Gasteiger partial charge in [0.05, 0.1) is 5.41 Å². The van der Waals surface area contributed by atoms with E-state index < -0.39 is 5.41 Å². The summed E-state index contributed by atoms with van der Waals surface area (Å²) >= 11 is 0. The molecule has 1 aliphatic heterocycles. The van der Waals surface area contributed by atoms with E-state index in [4.69, 9.17) is 4.84 Å². The molecule has 0 aromatic rings. The summed E-state index contributed by atoms with van der Waals surface area (Å²) < 4.78 is 0. The molecule has 0 spiro atoms. The molecule has 0 unspecified atom stereocenters. The highest BCUT2D eigenvalue weighted by Crippen LogP contribution is 2.16. The Bertz CT molecular complexity index is 191. The lowest BCUT2D eigenvalue weighted by Gasteiger charge is -2.23. The van der Waals surface area contributed by atoms with Crippen LogP contribution in [0, 0.1) is 5.41 Å². The number of carbonyl (C=O) groups is 1. The van der Waals surface area contributed by atoms with Gasteiger partial charge >= 0.3 is 5.97 Å². The number of rotatable bonds is 1. The topological polar surface area (TPSA) is 41.6 Å². The van der Waals surface area contributed by atoms with Crippen molar-refractivity contribution in [3.63, 3.8) is 0 Å². The van der Waals surface area contributed by atoms with Gasteiger partial charge in [-0.1, -0.05) is 0 Å². The second-order valence-electron chi connectivity index (χ2n) is 4.66. The van der Waals surface area contributed by atoms with Crippen LogP contribution in [0.15, 0.2) is 0 Å². The molecule has 0 radical (unpaired) electrons. The van der Waals surface area contributed by atoms with Crippen LogP contribution in [-0.4, -0.2) is 37.2 Å². The van der Waals surface area contributed by atoms with E-state index >= 15 is 0 Å². The predicted octanol–water partition coefficient (Wildman–Crippen LogP) is 0.786. The average Bonchev–Trinajstić information content (AvgIpc) is 2.31. The van der Waals surface area contributed by atoms with Crippen LogP contribution in [0.2, 0.25) is 0 Å². The molecule has 14 heavy (non-hydrogen) atoms. The van der Waals surface area contributed by atoms with Crippen LogP contribution in [0.3, 0.4) is 0 Å². The fourth-order valence-corrected chi connectivity index (χ4v) is 1.17. The lowest BCUT2D eigenvalue weighted by Crippen LogP contribution is -2.35. The van der Waals surface area contributed by atoms with E-state index in [2.05, 4.69) is 5.32 Å². The molecule has 0 aromatic heterocycles. The molecule has 0 amide bonds. The van der Waals surface area contributed by atoms with Gasteiger partial charge in [-0.3, -0.25) is 0 Å². The molecule has 0 aromatic carbocycles. The third kappa shape index (κ3) is 3.64. The Balaban J connectivity index is 2.38. The molecule has 0 bridgehead atoms.